The van der Waals surface area contributed by atoms with Crippen molar-refractivity contribution in [1.82, 2.24) is 0 Å². The predicted molar refractivity (Wildman–Crippen MR) is 86.1 cm³/mol. The second-order valence-electron chi connectivity index (χ2n) is 4.73. The lowest BCUT2D eigenvalue weighted by Gasteiger charge is -2.06. The largest absolute Gasteiger partial charge is 0.493 e. The van der Waals surface area contributed by atoms with E-state index in [-0.39, 0.29) is 0 Å². The molecule has 106 valence electrons. The first-order chi connectivity index (χ1) is 10.3. The molecule has 2 nitrogen and oxygen atoms in total. The monoisotopic (exact) mass is 277 g/mol. The Labute approximate surface area is 126 Å². The Hall–Kier alpha value is -2.53. The zero-order chi connectivity index (χ0) is 14.9. The minimum absolute atomic E-state index is 0.679. The van der Waals surface area contributed by atoms with E-state index in [0.717, 1.165) is 29.7 Å². The number of ether oxygens (including phenoxy) is 1. The van der Waals surface area contributed by atoms with E-state index < -0.39 is 0 Å². The minimum Gasteiger partial charge on any atom is -0.493 e. The van der Waals surface area contributed by atoms with Gasteiger partial charge in [-0.3, -0.25) is 0 Å². The van der Waals surface area contributed by atoms with Crippen molar-refractivity contribution in [2.75, 3.05) is 6.61 Å². The van der Waals surface area contributed by atoms with Crippen LogP contribution in [0.4, 0.5) is 0 Å². The third kappa shape index (κ3) is 4.50. The number of nitriles is 1. The Balaban J connectivity index is 1.95. The highest BCUT2D eigenvalue weighted by Gasteiger charge is 1.99. The van der Waals surface area contributed by atoms with Crippen LogP contribution in [0.1, 0.15) is 25.3 Å². The molecule has 2 rings (SSSR count). The van der Waals surface area contributed by atoms with Gasteiger partial charge in [-0.1, -0.05) is 43.3 Å². The maximum atomic E-state index is 8.80. The Morgan fingerprint density at radius 2 is 1.57 bits per heavy atom. The van der Waals surface area contributed by atoms with Crippen molar-refractivity contribution in [2.24, 2.45) is 0 Å². The first-order valence-corrected chi connectivity index (χ1v) is 7.22. The number of allylic oxidation sites excluding steroid dienone is 1. The zero-order valence-corrected chi connectivity index (χ0v) is 12.3. The van der Waals surface area contributed by atoms with Gasteiger partial charge < -0.3 is 4.74 Å². The fourth-order valence-corrected chi connectivity index (χ4v) is 2.01. The summed E-state index contributed by atoms with van der Waals surface area (Å²) >= 11 is 0. The Kier molecular flexibility index (Phi) is 5.60. The normalized spacial score (nSPS) is 10.5. The van der Waals surface area contributed by atoms with Crippen LogP contribution in [-0.4, -0.2) is 6.61 Å². The summed E-state index contributed by atoms with van der Waals surface area (Å²) in [6, 6.07) is 17.8. The van der Waals surface area contributed by atoms with Crippen LogP contribution < -0.4 is 4.74 Å². The van der Waals surface area contributed by atoms with E-state index in [1.165, 1.54) is 0 Å². The van der Waals surface area contributed by atoms with Crippen LogP contribution in [0.15, 0.2) is 60.7 Å². The van der Waals surface area contributed by atoms with E-state index in [2.05, 4.69) is 25.1 Å². The van der Waals surface area contributed by atoms with Gasteiger partial charge in [0.25, 0.3) is 0 Å². The summed E-state index contributed by atoms with van der Waals surface area (Å²) in [7, 11) is 0. The summed E-state index contributed by atoms with van der Waals surface area (Å²) < 4.78 is 5.69. The number of benzene rings is 2. The number of nitrogens with zero attached hydrogens (tertiary/aromatic N) is 1. The Bertz CT molecular complexity index is 618. The molecule has 21 heavy (non-hydrogen) atoms. The van der Waals surface area contributed by atoms with Crippen LogP contribution in [0.2, 0.25) is 0 Å². The standard InChI is InChI=1S/C19H19NO/c1-2-3-4-5-14-21-19-12-10-18(11-13-19)17-8-6-16(15-20)7-9-17/h3-4,6-13H,2,5,14H2,1H3/b4-3-. The van der Waals surface area contributed by atoms with Gasteiger partial charge in [0.15, 0.2) is 0 Å². The lowest BCUT2D eigenvalue weighted by Crippen LogP contribution is -1.95. The van der Waals surface area contributed by atoms with E-state index in [1.54, 1.807) is 0 Å². The van der Waals surface area contributed by atoms with Crippen LogP contribution in [-0.2, 0) is 0 Å². The van der Waals surface area contributed by atoms with E-state index >= 15 is 0 Å². The molecule has 0 heterocycles. The van der Waals surface area contributed by atoms with Crippen LogP contribution in [0, 0.1) is 11.3 Å². The molecule has 0 saturated heterocycles. The second-order valence-corrected chi connectivity index (χ2v) is 4.73. The van der Waals surface area contributed by atoms with Gasteiger partial charge in [-0.2, -0.15) is 5.26 Å². The molecule has 0 fully saturated rings. The molecular formula is C19H19NO. The summed E-state index contributed by atoms with van der Waals surface area (Å²) in [4.78, 5) is 0. The van der Waals surface area contributed by atoms with Gasteiger partial charge >= 0.3 is 0 Å². The molecule has 0 aromatic heterocycles. The second kappa shape index (κ2) is 7.91. The molecular weight excluding hydrogens is 258 g/mol. The highest BCUT2D eigenvalue weighted by Crippen LogP contribution is 2.22. The molecule has 0 amide bonds. The number of hydrogen-bond acceptors (Lipinski definition) is 2. The molecule has 2 aromatic rings. The molecule has 0 saturated carbocycles. The molecule has 0 unspecified atom stereocenters. The van der Waals surface area contributed by atoms with Gasteiger partial charge in [-0.25, -0.2) is 0 Å². The lowest BCUT2D eigenvalue weighted by molar-refractivity contribution is 0.325. The highest BCUT2D eigenvalue weighted by molar-refractivity contribution is 5.64. The summed E-state index contributed by atoms with van der Waals surface area (Å²) in [5.74, 6) is 0.886. The van der Waals surface area contributed by atoms with Gasteiger partial charge in [-0.05, 0) is 48.2 Å². The van der Waals surface area contributed by atoms with E-state index in [9.17, 15) is 0 Å². The van der Waals surface area contributed by atoms with Crippen molar-refractivity contribution in [1.29, 1.82) is 5.26 Å². The molecule has 0 aliphatic carbocycles. The quantitative estimate of drug-likeness (QED) is 0.552. The number of hydrogen-bond donors (Lipinski definition) is 0. The molecule has 2 aromatic carbocycles. The van der Waals surface area contributed by atoms with Crippen molar-refractivity contribution >= 4 is 0 Å². The van der Waals surface area contributed by atoms with Crippen molar-refractivity contribution in [3.05, 3.63) is 66.2 Å². The fourth-order valence-electron chi connectivity index (χ4n) is 2.01. The summed E-state index contributed by atoms with van der Waals surface area (Å²) in [6.45, 7) is 2.83. The van der Waals surface area contributed by atoms with Gasteiger partial charge in [0.2, 0.25) is 0 Å². The SMILES string of the molecule is CC/C=C\CCOc1ccc(-c2ccc(C#N)cc2)cc1. The van der Waals surface area contributed by atoms with Crippen molar-refractivity contribution < 1.29 is 4.74 Å². The summed E-state index contributed by atoms with van der Waals surface area (Å²) in [5.41, 5.74) is 2.91. The highest BCUT2D eigenvalue weighted by atomic mass is 16.5. The van der Waals surface area contributed by atoms with E-state index in [1.807, 2.05) is 48.5 Å². The van der Waals surface area contributed by atoms with Crippen molar-refractivity contribution in [3.63, 3.8) is 0 Å². The van der Waals surface area contributed by atoms with Gasteiger partial charge in [0, 0.05) is 0 Å². The average Bonchev–Trinajstić information content (AvgIpc) is 2.55. The van der Waals surface area contributed by atoms with Gasteiger partial charge in [-0.15, -0.1) is 0 Å². The van der Waals surface area contributed by atoms with Gasteiger partial charge in [0.05, 0.1) is 18.2 Å². The maximum absolute atomic E-state index is 8.80. The molecule has 2 heteroatoms. The molecule has 0 bridgehead atoms. The summed E-state index contributed by atoms with van der Waals surface area (Å²) in [5, 5.41) is 8.80. The lowest BCUT2D eigenvalue weighted by atomic mass is 10.0. The Morgan fingerprint density at radius 1 is 0.952 bits per heavy atom. The molecule has 0 N–H and O–H groups in total. The fraction of sp³-hybridized carbons (Fsp3) is 0.211. The van der Waals surface area contributed by atoms with Gasteiger partial charge in [0.1, 0.15) is 5.75 Å². The molecule has 0 aliphatic rings. The van der Waals surface area contributed by atoms with Crippen molar-refractivity contribution in [3.8, 4) is 22.9 Å². The summed E-state index contributed by atoms with van der Waals surface area (Å²) in [6.07, 6.45) is 6.30. The first kappa shape index (κ1) is 14.9. The topological polar surface area (TPSA) is 33.0 Å². The Morgan fingerprint density at radius 3 is 2.14 bits per heavy atom. The number of rotatable bonds is 6. The third-order valence-electron chi connectivity index (χ3n) is 3.16. The first-order valence-electron chi connectivity index (χ1n) is 7.22. The van der Waals surface area contributed by atoms with E-state index in [0.29, 0.717) is 12.2 Å². The van der Waals surface area contributed by atoms with Crippen LogP contribution in [0.25, 0.3) is 11.1 Å². The van der Waals surface area contributed by atoms with Crippen LogP contribution >= 0.6 is 0 Å². The third-order valence-corrected chi connectivity index (χ3v) is 3.16. The predicted octanol–water partition coefficient (Wildman–Crippen LogP) is 4.96. The van der Waals surface area contributed by atoms with Crippen LogP contribution in [0.3, 0.4) is 0 Å². The molecule has 0 radical (unpaired) electrons. The molecule has 0 aliphatic heterocycles. The zero-order valence-electron chi connectivity index (χ0n) is 12.3. The van der Waals surface area contributed by atoms with Crippen LogP contribution in [0.5, 0.6) is 5.75 Å². The smallest absolute Gasteiger partial charge is 0.119 e. The minimum atomic E-state index is 0.679. The average molecular weight is 277 g/mol. The molecule has 0 atom stereocenters. The van der Waals surface area contributed by atoms with Crippen molar-refractivity contribution in [2.45, 2.75) is 19.8 Å². The molecule has 0 spiro atoms. The van der Waals surface area contributed by atoms with E-state index in [4.69, 9.17) is 10.00 Å². The maximum Gasteiger partial charge on any atom is 0.119 e.